The third kappa shape index (κ3) is 7.89. The zero-order valence-electron chi connectivity index (χ0n) is 14.9. The van der Waals surface area contributed by atoms with Gasteiger partial charge in [0.2, 0.25) is 5.82 Å². The fraction of sp³-hybridized carbons (Fsp3) is 0.438. The average molecular weight is 431 g/mol. The van der Waals surface area contributed by atoms with Crippen molar-refractivity contribution >= 4 is 29.9 Å². The number of nitrogens with zero attached hydrogens (tertiary/aromatic N) is 2. The van der Waals surface area contributed by atoms with Crippen LogP contribution in [0.5, 0.6) is 0 Å². The molecule has 0 aliphatic carbocycles. The van der Waals surface area contributed by atoms with Gasteiger partial charge < -0.3 is 10.5 Å². The highest BCUT2D eigenvalue weighted by molar-refractivity contribution is 9.10. The normalized spacial score (nSPS) is 11.0. The van der Waals surface area contributed by atoms with Crippen LogP contribution in [0.3, 0.4) is 0 Å². The molecule has 0 saturated heterocycles. The van der Waals surface area contributed by atoms with Gasteiger partial charge in [0, 0.05) is 26.9 Å². The van der Waals surface area contributed by atoms with Crippen molar-refractivity contribution in [2.45, 2.75) is 32.6 Å². The van der Waals surface area contributed by atoms with Gasteiger partial charge in [-0.05, 0) is 47.1 Å². The van der Waals surface area contributed by atoms with Crippen LogP contribution >= 0.6 is 15.9 Å². The zero-order chi connectivity index (χ0) is 19.0. The SMILES string of the molecule is CCOCC[Si](C)(C)C.NC(=O)c1nc(-c2ccc(F)c(Br)c2)n[nH]1. The molecule has 1 heterocycles. The summed E-state index contributed by atoms with van der Waals surface area (Å²) in [6.07, 6.45) is 0. The van der Waals surface area contributed by atoms with E-state index in [1.54, 1.807) is 0 Å². The lowest BCUT2D eigenvalue weighted by atomic mass is 10.2. The number of H-pyrrole nitrogens is 1. The second kappa shape index (κ2) is 9.78. The molecule has 0 fully saturated rings. The molecule has 1 amide bonds. The van der Waals surface area contributed by atoms with Crippen molar-refractivity contribution in [1.82, 2.24) is 15.2 Å². The van der Waals surface area contributed by atoms with Crippen molar-refractivity contribution in [1.29, 1.82) is 0 Å². The van der Waals surface area contributed by atoms with Crippen LogP contribution in [0.25, 0.3) is 11.4 Å². The number of halogens is 2. The average Bonchev–Trinajstić information content (AvgIpc) is 3.00. The number of aromatic nitrogens is 3. The highest BCUT2D eigenvalue weighted by atomic mass is 79.9. The van der Waals surface area contributed by atoms with Crippen LogP contribution in [0.15, 0.2) is 22.7 Å². The van der Waals surface area contributed by atoms with Gasteiger partial charge in [-0.3, -0.25) is 9.89 Å². The number of aromatic amines is 1. The number of ether oxygens (including phenoxy) is 1. The predicted octanol–water partition coefficient (Wildman–Crippen LogP) is 3.83. The Labute approximate surface area is 156 Å². The molecule has 6 nitrogen and oxygen atoms in total. The van der Waals surface area contributed by atoms with Crippen LogP contribution in [0.4, 0.5) is 4.39 Å². The lowest BCUT2D eigenvalue weighted by Crippen LogP contribution is -2.21. The molecule has 1 aromatic heterocycles. The summed E-state index contributed by atoms with van der Waals surface area (Å²) in [7, 11) is -0.819. The number of primary amides is 1. The van der Waals surface area contributed by atoms with Gasteiger partial charge in [-0.1, -0.05) is 19.6 Å². The summed E-state index contributed by atoms with van der Waals surface area (Å²) in [5, 5.41) is 6.19. The van der Waals surface area contributed by atoms with Crippen molar-refractivity contribution in [2.75, 3.05) is 13.2 Å². The van der Waals surface area contributed by atoms with Gasteiger partial charge in [-0.25, -0.2) is 9.37 Å². The molecule has 0 spiro atoms. The highest BCUT2D eigenvalue weighted by Gasteiger charge is 2.11. The zero-order valence-corrected chi connectivity index (χ0v) is 17.5. The Kier molecular flexibility index (Phi) is 8.40. The summed E-state index contributed by atoms with van der Waals surface area (Å²) >= 11 is 3.05. The van der Waals surface area contributed by atoms with Crippen molar-refractivity contribution in [3.05, 3.63) is 34.3 Å². The standard InChI is InChI=1S/C9H6BrFN4O.C7H18OSi/c10-5-3-4(1-2-6(5)11)8-13-9(7(12)16)15-14-8;1-5-8-6-7-9(2,3)4/h1-3H,(H2,12,16)(H,13,14,15);5-7H2,1-4H3. The summed E-state index contributed by atoms with van der Waals surface area (Å²) in [5.74, 6) is -0.820. The number of amides is 1. The fourth-order valence-corrected chi connectivity index (χ4v) is 2.79. The summed E-state index contributed by atoms with van der Waals surface area (Å²) < 4.78 is 18.5. The quantitative estimate of drug-likeness (QED) is 0.537. The molecular weight excluding hydrogens is 407 g/mol. The van der Waals surface area contributed by atoms with E-state index in [0.717, 1.165) is 13.2 Å². The maximum atomic E-state index is 13.0. The number of hydrogen-bond acceptors (Lipinski definition) is 4. The molecule has 0 saturated carbocycles. The first-order valence-corrected chi connectivity index (χ1v) is 12.4. The van der Waals surface area contributed by atoms with Gasteiger partial charge in [0.15, 0.2) is 5.82 Å². The highest BCUT2D eigenvalue weighted by Crippen LogP contribution is 2.22. The van der Waals surface area contributed by atoms with Crippen LogP contribution in [0.1, 0.15) is 17.5 Å². The minimum atomic E-state index is -0.819. The van der Waals surface area contributed by atoms with Crippen molar-refractivity contribution < 1.29 is 13.9 Å². The van der Waals surface area contributed by atoms with Crippen LogP contribution in [-0.2, 0) is 4.74 Å². The third-order valence-electron chi connectivity index (χ3n) is 3.10. The van der Waals surface area contributed by atoms with Crippen molar-refractivity contribution in [2.24, 2.45) is 5.73 Å². The summed E-state index contributed by atoms with van der Waals surface area (Å²) in [4.78, 5) is 14.7. The summed E-state index contributed by atoms with van der Waals surface area (Å²) in [5.41, 5.74) is 5.60. The van der Waals surface area contributed by atoms with Crippen molar-refractivity contribution in [3.63, 3.8) is 0 Å². The Balaban J connectivity index is 0.000000299. The monoisotopic (exact) mass is 430 g/mol. The molecule has 0 bridgehead atoms. The molecule has 0 unspecified atom stereocenters. The van der Waals surface area contributed by atoms with E-state index in [1.807, 2.05) is 6.92 Å². The Hall–Kier alpha value is -1.58. The van der Waals surface area contributed by atoms with E-state index in [-0.39, 0.29) is 17.5 Å². The molecule has 3 N–H and O–H groups in total. The largest absolute Gasteiger partial charge is 0.382 e. The molecule has 0 aliphatic heterocycles. The van der Waals surface area contributed by atoms with Gasteiger partial charge in [0.05, 0.1) is 4.47 Å². The topological polar surface area (TPSA) is 93.9 Å². The van der Waals surface area contributed by atoms with E-state index >= 15 is 0 Å². The number of nitrogens with one attached hydrogen (secondary N) is 1. The van der Waals surface area contributed by atoms with Crippen LogP contribution < -0.4 is 5.73 Å². The number of nitrogens with two attached hydrogens (primary N) is 1. The number of rotatable bonds is 6. The lowest BCUT2D eigenvalue weighted by Gasteiger charge is -2.14. The van der Waals surface area contributed by atoms with Gasteiger partial charge in [-0.2, -0.15) is 5.10 Å². The molecule has 0 atom stereocenters. The van der Waals surface area contributed by atoms with E-state index in [4.69, 9.17) is 10.5 Å². The molecule has 138 valence electrons. The van der Waals surface area contributed by atoms with E-state index in [2.05, 4.69) is 50.8 Å². The number of carbonyl (C=O) groups excluding carboxylic acids is 1. The van der Waals surface area contributed by atoms with E-state index in [0.29, 0.717) is 10.0 Å². The Morgan fingerprint density at radius 2 is 2.08 bits per heavy atom. The molecule has 2 rings (SSSR count). The van der Waals surface area contributed by atoms with Crippen LogP contribution in [0.2, 0.25) is 25.7 Å². The molecule has 25 heavy (non-hydrogen) atoms. The lowest BCUT2D eigenvalue weighted by molar-refractivity contribution is 0.0991. The van der Waals surface area contributed by atoms with Gasteiger partial charge in [0.1, 0.15) is 5.82 Å². The molecule has 2 aromatic rings. The predicted molar refractivity (Wildman–Crippen MR) is 103 cm³/mol. The van der Waals surface area contributed by atoms with E-state index < -0.39 is 14.0 Å². The van der Waals surface area contributed by atoms with E-state index in [1.165, 1.54) is 24.2 Å². The first-order chi connectivity index (χ1) is 11.6. The second-order valence-electron chi connectivity index (χ2n) is 6.51. The number of benzene rings is 1. The first-order valence-electron chi connectivity index (χ1n) is 7.89. The smallest absolute Gasteiger partial charge is 0.286 e. The minimum absolute atomic E-state index is 0.0320. The summed E-state index contributed by atoms with van der Waals surface area (Å²) in [6, 6.07) is 5.60. The Morgan fingerprint density at radius 3 is 2.56 bits per heavy atom. The molecular formula is C16H24BrFN4O2Si. The van der Waals surface area contributed by atoms with Gasteiger partial charge in [-0.15, -0.1) is 0 Å². The van der Waals surface area contributed by atoms with Crippen LogP contribution in [-0.4, -0.2) is 42.4 Å². The number of hydrogen-bond donors (Lipinski definition) is 2. The van der Waals surface area contributed by atoms with Crippen molar-refractivity contribution in [3.8, 4) is 11.4 Å². The van der Waals surface area contributed by atoms with E-state index in [9.17, 15) is 9.18 Å². The molecule has 0 aliphatic rings. The molecule has 0 radical (unpaired) electrons. The van der Waals surface area contributed by atoms with Gasteiger partial charge >= 0.3 is 0 Å². The maximum absolute atomic E-state index is 13.0. The second-order valence-corrected chi connectivity index (χ2v) is 13.0. The maximum Gasteiger partial charge on any atom is 0.286 e. The minimum Gasteiger partial charge on any atom is -0.382 e. The van der Waals surface area contributed by atoms with Gasteiger partial charge in [0.25, 0.3) is 5.91 Å². The molecule has 9 heteroatoms. The Morgan fingerprint density at radius 1 is 1.40 bits per heavy atom. The fourth-order valence-electron chi connectivity index (χ4n) is 1.66. The van der Waals surface area contributed by atoms with Crippen LogP contribution in [0, 0.1) is 5.82 Å². The Bertz CT molecular complexity index is 704. The third-order valence-corrected chi connectivity index (χ3v) is 5.41. The molecule has 1 aromatic carbocycles. The number of carbonyl (C=O) groups is 1. The first kappa shape index (κ1) is 21.5. The summed E-state index contributed by atoms with van der Waals surface area (Å²) in [6.45, 7) is 11.0.